The molecular weight excluding hydrogens is 328 g/mol. The highest BCUT2D eigenvalue weighted by Gasteiger charge is 2.16. The maximum Gasteiger partial charge on any atom is 0.261 e. The lowest BCUT2D eigenvalue weighted by Gasteiger charge is -2.11. The number of nitrogens with zero attached hydrogens (tertiary/aromatic N) is 1. The monoisotopic (exact) mass is 342 g/mol. The summed E-state index contributed by atoms with van der Waals surface area (Å²) in [5.74, 6) is 0.0525. The van der Waals surface area contributed by atoms with Gasteiger partial charge in [-0.05, 0) is 30.3 Å². The standard InChI is InChI=1S/C18H15ClN2O3/c1-21-10-13(18(23)20-15-6-4-3-5-14(15)19)17(22)12-9-11(24-2)7-8-16(12)21/h3-10H,1-2H3,(H,20,23). The van der Waals surface area contributed by atoms with Gasteiger partial charge in [0.1, 0.15) is 11.3 Å². The van der Waals surface area contributed by atoms with Crippen LogP contribution in [-0.4, -0.2) is 17.6 Å². The number of anilines is 1. The molecule has 1 amide bonds. The first-order chi connectivity index (χ1) is 11.5. The third kappa shape index (κ3) is 2.86. The van der Waals surface area contributed by atoms with E-state index in [1.807, 2.05) is 0 Å². The van der Waals surface area contributed by atoms with Crippen molar-refractivity contribution >= 4 is 34.1 Å². The quantitative estimate of drug-likeness (QED) is 0.793. The molecule has 0 saturated carbocycles. The average molecular weight is 343 g/mol. The highest BCUT2D eigenvalue weighted by atomic mass is 35.5. The fraction of sp³-hybridized carbons (Fsp3) is 0.111. The second-order valence-electron chi connectivity index (χ2n) is 5.30. The molecule has 0 radical (unpaired) electrons. The maximum absolute atomic E-state index is 12.7. The molecule has 5 nitrogen and oxygen atoms in total. The molecule has 0 fully saturated rings. The molecular formula is C18H15ClN2O3. The van der Waals surface area contributed by atoms with Crippen molar-refractivity contribution in [2.45, 2.75) is 0 Å². The number of carbonyl (C=O) groups is 1. The van der Waals surface area contributed by atoms with E-state index in [0.29, 0.717) is 21.8 Å². The second-order valence-corrected chi connectivity index (χ2v) is 5.71. The predicted molar refractivity (Wildman–Crippen MR) is 95.1 cm³/mol. The zero-order valence-corrected chi connectivity index (χ0v) is 13.9. The molecule has 0 atom stereocenters. The summed E-state index contributed by atoms with van der Waals surface area (Å²) in [4.78, 5) is 25.2. The summed E-state index contributed by atoms with van der Waals surface area (Å²) < 4.78 is 6.90. The molecule has 0 bridgehead atoms. The number of amides is 1. The lowest BCUT2D eigenvalue weighted by atomic mass is 10.1. The molecule has 6 heteroatoms. The number of aryl methyl sites for hydroxylation is 1. The van der Waals surface area contributed by atoms with Crippen LogP contribution in [0.1, 0.15) is 10.4 Å². The van der Waals surface area contributed by atoms with Crippen molar-refractivity contribution in [2.75, 3.05) is 12.4 Å². The minimum atomic E-state index is -0.506. The van der Waals surface area contributed by atoms with E-state index in [1.165, 1.54) is 13.3 Å². The molecule has 24 heavy (non-hydrogen) atoms. The first-order valence-electron chi connectivity index (χ1n) is 7.24. The van der Waals surface area contributed by atoms with Crippen molar-refractivity contribution in [3.05, 3.63) is 69.5 Å². The number of hydrogen-bond donors (Lipinski definition) is 1. The Morgan fingerprint density at radius 1 is 1.21 bits per heavy atom. The van der Waals surface area contributed by atoms with Crippen molar-refractivity contribution in [3.63, 3.8) is 0 Å². The normalized spacial score (nSPS) is 10.6. The Bertz CT molecular complexity index is 995. The summed E-state index contributed by atoms with van der Waals surface area (Å²) >= 11 is 6.05. The van der Waals surface area contributed by atoms with E-state index < -0.39 is 5.91 Å². The third-order valence-electron chi connectivity index (χ3n) is 3.76. The average Bonchev–Trinajstić information content (AvgIpc) is 2.59. The van der Waals surface area contributed by atoms with Gasteiger partial charge in [-0.15, -0.1) is 0 Å². The smallest absolute Gasteiger partial charge is 0.261 e. The summed E-state index contributed by atoms with van der Waals surface area (Å²) in [6.45, 7) is 0. The fourth-order valence-corrected chi connectivity index (χ4v) is 2.70. The van der Waals surface area contributed by atoms with E-state index in [0.717, 1.165) is 5.52 Å². The molecule has 2 aromatic carbocycles. The number of methoxy groups -OCH3 is 1. The van der Waals surface area contributed by atoms with Crippen LogP contribution in [0.15, 0.2) is 53.5 Å². The number of halogens is 1. The van der Waals surface area contributed by atoms with Gasteiger partial charge in [0.25, 0.3) is 5.91 Å². The minimum absolute atomic E-state index is 0.0400. The van der Waals surface area contributed by atoms with Gasteiger partial charge in [-0.1, -0.05) is 23.7 Å². The number of aromatic nitrogens is 1. The Kier molecular flexibility index (Phi) is 4.27. The SMILES string of the molecule is COc1ccc2c(c1)c(=O)c(C(=O)Nc1ccccc1Cl)cn2C. The van der Waals surface area contributed by atoms with Crippen LogP contribution in [0.25, 0.3) is 10.9 Å². The highest BCUT2D eigenvalue weighted by Crippen LogP contribution is 2.22. The van der Waals surface area contributed by atoms with Crippen LogP contribution in [0, 0.1) is 0 Å². The number of ether oxygens (including phenoxy) is 1. The summed E-state index contributed by atoms with van der Waals surface area (Å²) in [6, 6.07) is 12.0. The van der Waals surface area contributed by atoms with Gasteiger partial charge >= 0.3 is 0 Å². The zero-order chi connectivity index (χ0) is 17.3. The minimum Gasteiger partial charge on any atom is -0.497 e. The van der Waals surface area contributed by atoms with Gasteiger partial charge in [-0.25, -0.2) is 0 Å². The number of benzene rings is 2. The molecule has 1 aromatic heterocycles. The Morgan fingerprint density at radius 3 is 2.67 bits per heavy atom. The van der Waals surface area contributed by atoms with Crippen molar-refractivity contribution in [1.82, 2.24) is 4.57 Å². The molecule has 1 N–H and O–H groups in total. The summed E-state index contributed by atoms with van der Waals surface area (Å²) in [5, 5.41) is 3.50. The van der Waals surface area contributed by atoms with E-state index in [2.05, 4.69) is 5.32 Å². The lowest BCUT2D eigenvalue weighted by molar-refractivity contribution is 0.102. The predicted octanol–water partition coefficient (Wildman–Crippen LogP) is 3.45. The molecule has 0 saturated heterocycles. The van der Waals surface area contributed by atoms with Gasteiger partial charge in [0.2, 0.25) is 5.43 Å². The molecule has 0 aliphatic rings. The van der Waals surface area contributed by atoms with Gasteiger partial charge in [0, 0.05) is 13.2 Å². The number of hydrogen-bond acceptors (Lipinski definition) is 3. The number of pyridine rings is 1. The van der Waals surface area contributed by atoms with E-state index in [4.69, 9.17) is 16.3 Å². The molecule has 0 aliphatic heterocycles. The van der Waals surface area contributed by atoms with Crippen LogP contribution in [0.4, 0.5) is 5.69 Å². The zero-order valence-electron chi connectivity index (χ0n) is 13.2. The van der Waals surface area contributed by atoms with E-state index in [1.54, 1.807) is 54.1 Å². The van der Waals surface area contributed by atoms with Crippen LogP contribution in [0.5, 0.6) is 5.75 Å². The number of rotatable bonds is 3. The number of nitrogens with one attached hydrogen (secondary N) is 1. The summed E-state index contributed by atoms with van der Waals surface area (Å²) in [6.07, 6.45) is 1.52. The van der Waals surface area contributed by atoms with Crippen LogP contribution >= 0.6 is 11.6 Å². The molecule has 0 unspecified atom stereocenters. The number of fused-ring (bicyclic) bond motifs is 1. The van der Waals surface area contributed by atoms with Crippen molar-refractivity contribution in [3.8, 4) is 5.75 Å². The second kappa shape index (κ2) is 6.37. The lowest BCUT2D eigenvalue weighted by Crippen LogP contribution is -2.23. The molecule has 0 aliphatic carbocycles. The largest absolute Gasteiger partial charge is 0.497 e. The molecule has 0 spiro atoms. The Labute approximate surface area is 143 Å². The Morgan fingerprint density at radius 2 is 1.96 bits per heavy atom. The van der Waals surface area contributed by atoms with Crippen molar-refractivity contribution in [1.29, 1.82) is 0 Å². The van der Waals surface area contributed by atoms with E-state index >= 15 is 0 Å². The van der Waals surface area contributed by atoms with Gasteiger partial charge in [-0.3, -0.25) is 9.59 Å². The van der Waals surface area contributed by atoms with Crippen LogP contribution in [0.2, 0.25) is 5.02 Å². The number of carbonyl (C=O) groups excluding carboxylic acids is 1. The molecule has 1 heterocycles. The van der Waals surface area contributed by atoms with Gasteiger partial charge in [0.05, 0.1) is 28.7 Å². The topological polar surface area (TPSA) is 60.3 Å². The highest BCUT2D eigenvalue weighted by molar-refractivity contribution is 6.33. The summed E-state index contributed by atoms with van der Waals surface area (Å²) in [5.41, 5.74) is 0.858. The molecule has 122 valence electrons. The Hall–Kier alpha value is -2.79. The first kappa shape index (κ1) is 16.1. The molecule has 3 aromatic rings. The van der Waals surface area contributed by atoms with Crippen LogP contribution < -0.4 is 15.5 Å². The van der Waals surface area contributed by atoms with Gasteiger partial charge in [-0.2, -0.15) is 0 Å². The van der Waals surface area contributed by atoms with Gasteiger partial charge < -0.3 is 14.6 Å². The van der Waals surface area contributed by atoms with E-state index in [9.17, 15) is 9.59 Å². The summed E-state index contributed by atoms with van der Waals surface area (Å²) in [7, 11) is 3.31. The third-order valence-corrected chi connectivity index (χ3v) is 4.09. The van der Waals surface area contributed by atoms with E-state index in [-0.39, 0.29) is 11.0 Å². The number of para-hydroxylation sites is 1. The first-order valence-corrected chi connectivity index (χ1v) is 7.62. The maximum atomic E-state index is 12.7. The molecule has 3 rings (SSSR count). The Balaban J connectivity index is 2.09. The van der Waals surface area contributed by atoms with Crippen LogP contribution in [-0.2, 0) is 7.05 Å². The van der Waals surface area contributed by atoms with Crippen molar-refractivity contribution in [2.24, 2.45) is 7.05 Å². The van der Waals surface area contributed by atoms with Gasteiger partial charge in [0.15, 0.2) is 0 Å². The fourth-order valence-electron chi connectivity index (χ4n) is 2.51. The van der Waals surface area contributed by atoms with Crippen molar-refractivity contribution < 1.29 is 9.53 Å². The van der Waals surface area contributed by atoms with Crippen LogP contribution in [0.3, 0.4) is 0 Å².